The molecule has 3 saturated carbocycles. The van der Waals surface area contributed by atoms with Gasteiger partial charge in [0.1, 0.15) is 0 Å². The average molecular weight is 365 g/mol. The Bertz CT molecular complexity index is 584. The van der Waals surface area contributed by atoms with Crippen molar-refractivity contribution in [2.24, 2.45) is 23.2 Å². The highest BCUT2D eigenvalue weighted by Crippen LogP contribution is 2.66. The normalized spacial score (nSPS) is 31.6. The van der Waals surface area contributed by atoms with Crippen molar-refractivity contribution >= 4 is 18.5 Å². The SMILES string of the molecule is Cc1cc(C)cc(COCC2C3CC(CC2[Si](C)(C)Cl)C3(C)C)c1. The maximum absolute atomic E-state index is 6.91. The van der Waals surface area contributed by atoms with Crippen LogP contribution in [0.15, 0.2) is 18.2 Å². The largest absolute Gasteiger partial charge is 0.376 e. The smallest absolute Gasteiger partial charge is 0.153 e. The van der Waals surface area contributed by atoms with Crippen molar-refractivity contribution in [3.63, 3.8) is 0 Å². The molecular formula is C21H33ClOSi. The number of rotatable bonds is 5. The maximum Gasteiger partial charge on any atom is 0.153 e. The summed E-state index contributed by atoms with van der Waals surface area (Å²) in [4.78, 5) is 0. The lowest BCUT2D eigenvalue weighted by Gasteiger charge is -2.64. The predicted octanol–water partition coefficient (Wildman–Crippen LogP) is 6.32. The van der Waals surface area contributed by atoms with Crippen LogP contribution in [0, 0.1) is 37.0 Å². The second-order valence-electron chi connectivity index (χ2n) is 9.44. The lowest BCUT2D eigenvalue weighted by molar-refractivity contribution is -0.125. The quantitative estimate of drug-likeness (QED) is 0.439. The maximum atomic E-state index is 6.91. The Morgan fingerprint density at radius 2 is 1.75 bits per heavy atom. The standard InChI is InChI=1S/C21H33ClOSi/c1-14-7-15(2)9-16(8-14)12-23-13-18-19-10-17(21(19,3)4)11-20(18)24(5,6)22/h7-9,17-20H,10-13H2,1-6H3. The van der Waals surface area contributed by atoms with Crippen LogP contribution in [0.4, 0.5) is 0 Å². The molecule has 3 aliphatic carbocycles. The summed E-state index contributed by atoms with van der Waals surface area (Å²) in [7, 11) is -1.65. The number of hydrogen-bond donors (Lipinski definition) is 0. The van der Waals surface area contributed by atoms with Gasteiger partial charge in [-0.15, -0.1) is 0 Å². The molecule has 0 heterocycles. The summed E-state index contributed by atoms with van der Waals surface area (Å²) in [6.45, 7) is 15.5. The highest BCUT2D eigenvalue weighted by molar-refractivity contribution is 7.19. The summed E-state index contributed by atoms with van der Waals surface area (Å²) >= 11 is 6.91. The molecule has 1 aromatic rings. The zero-order valence-electron chi connectivity index (χ0n) is 16.2. The zero-order valence-corrected chi connectivity index (χ0v) is 17.9. The second-order valence-corrected chi connectivity index (χ2v) is 16.2. The van der Waals surface area contributed by atoms with Crippen LogP contribution in [-0.4, -0.2) is 14.0 Å². The number of benzene rings is 1. The van der Waals surface area contributed by atoms with Crippen molar-refractivity contribution in [2.45, 2.75) is 65.8 Å². The van der Waals surface area contributed by atoms with Crippen molar-refractivity contribution in [1.29, 1.82) is 0 Å². The first-order valence-electron chi connectivity index (χ1n) is 9.43. The number of ether oxygens (including phenoxy) is 1. The Labute approximate surface area is 153 Å². The van der Waals surface area contributed by atoms with E-state index in [0.29, 0.717) is 16.9 Å². The summed E-state index contributed by atoms with van der Waals surface area (Å²) < 4.78 is 6.25. The molecule has 3 heteroatoms. The fourth-order valence-electron chi connectivity index (χ4n) is 5.43. The molecule has 3 fully saturated rings. The molecule has 0 spiro atoms. The van der Waals surface area contributed by atoms with Crippen LogP contribution >= 0.6 is 11.1 Å². The van der Waals surface area contributed by atoms with E-state index >= 15 is 0 Å². The summed E-state index contributed by atoms with van der Waals surface area (Å²) in [5.41, 5.74) is 5.13. The second kappa shape index (κ2) is 6.45. The van der Waals surface area contributed by atoms with E-state index in [1.807, 2.05) is 0 Å². The molecule has 4 unspecified atom stereocenters. The van der Waals surface area contributed by atoms with Gasteiger partial charge in [-0.25, -0.2) is 0 Å². The van der Waals surface area contributed by atoms with Crippen molar-refractivity contribution in [3.8, 4) is 0 Å². The Morgan fingerprint density at radius 1 is 1.12 bits per heavy atom. The number of fused-ring (bicyclic) bond motifs is 2. The molecule has 0 N–H and O–H groups in total. The number of hydrogen-bond acceptors (Lipinski definition) is 1. The first kappa shape index (κ1) is 18.5. The van der Waals surface area contributed by atoms with E-state index in [9.17, 15) is 0 Å². The van der Waals surface area contributed by atoms with Gasteiger partial charge in [0, 0.05) is 0 Å². The minimum atomic E-state index is -1.65. The molecule has 0 amide bonds. The molecular weight excluding hydrogens is 332 g/mol. The lowest BCUT2D eigenvalue weighted by atomic mass is 9.45. The van der Waals surface area contributed by atoms with Crippen LogP contribution in [0.5, 0.6) is 0 Å². The first-order chi connectivity index (χ1) is 11.1. The van der Waals surface area contributed by atoms with E-state index in [4.69, 9.17) is 15.8 Å². The van der Waals surface area contributed by atoms with Crippen molar-refractivity contribution in [1.82, 2.24) is 0 Å². The topological polar surface area (TPSA) is 9.23 Å². The molecule has 0 saturated heterocycles. The number of aryl methyl sites for hydroxylation is 2. The molecule has 0 radical (unpaired) electrons. The summed E-state index contributed by atoms with van der Waals surface area (Å²) in [5.74, 6) is 2.33. The fraction of sp³-hybridized carbons (Fsp3) is 0.714. The van der Waals surface area contributed by atoms with Gasteiger partial charge in [0.15, 0.2) is 7.38 Å². The lowest BCUT2D eigenvalue weighted by Crippen LogP contribution is -2.58. The van der Waals surface area contributed by atoms with Crippen LogP contribution < -0.4 is 0 Å². The van der Waals surface area contributed by atoms with Gasteiger partial charge in [0.05, 0.1) is 13.2 Å². The zero-order chi connectivity index (χ0) is 17.7. The molecule has 1 aromatic carbocycles. The molecule has 0 aromatic heterocycles. The Hall–Kier alpha value is -0.313. The first-order valence-corrected chi connectivity index (χ1v) is 13.5. The minimum Gasteiger partial charge on any atom is -0.376 e. The number of halogens is 1. The molecule has 134 valence electrons. The van der Waals surface area contributed by atoms with E-state index in [2.05, 4.69) is 59.0 Å². The predicted molar refractivity (Wildman–Crippen MR) is 106 cm³/mol. The molecule has 24 heavy (non-hydrogen) atoms. The molecule has 2 bridgehead atoms. The van der Waals surface area contributed by atoms with Crippen LogP contribution in [0.25, 0.3) is 0 Å². The van der Waals surface area contributed by atoms with Crippen molar-refractivity contribution < 1.29 is 4.74 Å². The van der Waals surface area contributed by atoms with Gasteiger partial charge in [-0.05, 0) is 61.0 Å². The molecule has 4 atom stereocenters. The third-order valence-electron chi connectivity index (χ3n) is 6.86. The van der Waals surface area contributed by atoms with E-state index in [0.717, 1.165) is 25.0 Å². The minimum absolute atomic E-state index is 0.487. The van der Waals surface area contributed by atoms with Gasteiger partial charge in [0.25, 0.3) is 0 Å². The molecule has 4 rings (SSSR count). The highest BCUT2D eigenvalue weighted by atomic mass is 35.6. The average Bonchev–Trinajstić information content (AvgIpc) is 2.44. The van der Waals surface area contributed by atoms with E-state index in [1.165, 1.54) is 29.5 Å². The Kier molecular flexibility index (Phi) is 4.96. The van der Waals surface area contributed by atoms with Crippen molar-refractivity contribution in [2.75, 3.05) is 6.61 Å². The van der Waals surface area contributed by atoms with Gasteiger partial charge < -0.3 is 4.74 Å². The fourth-order valence-corrected chi connectivity index (χ4v) is 8.38. The Morgan fingerprint density at radius 3 is 2.29 bits per heavy atom. The van der Waals surface area contributed by atoms with Crippen LogP contribution in [0.2, 0.25) is 18.6 Å². The summed E-state index contributed by atoms with van der Waals surface area (Å²) in [5, 5.41) is 0. The van der Waals surface area contributed by atoms with Gasteiger partial charge >= 0.3 is 0 Å². The van der Waals surface area contributed by atoms with Crippen LogP contribution in [0.3, 0.4) is 0 Å². The van der Waals surface area contributed by atoms with E-state index < -0.39 is 7.38 Å². The molecule has 3 aliphatic rings. The third-order valence-corrected chi connectivity index (χ3v) is 10.1. The van der Waals surface area contributed by atoms with Crippen molar-refractivity contribution in [3.05, 3.63) is 34.9 Å². The molecule has 1 nitrogen and oxygen atoms in total. The van der Waals surface area contributed by atoms with E-state index in [-0.39, 0.29) is 0 Å². The summed E-state index contributed by atoms with van der Waals surface area (Å²) in [6.07, 6.45) is 2.71. The van der Waals surface area contributed by atoms with Gasteiger partial charge in [-0.2, -0.15) is 11.1 Å². The van der Waals surface area contributed by atoms with Gasteiger partial charge in [-0.3, -0.25) is 0 Å². The van der Waals surface area contributed by atoms with Gasteiger partial charge in [0.2, 0.25) is 0 Å². The van der Waals surface area contributed by atoms with Crippen LogP contribution in [0.1, 0.15) is 43.4 Å². The monoisotopic (exact) mass is 364 g/mol. The highest BCUT2D eigenvalue weighted by Gasteiger charge is 2.60. The van der Waals surface area contributed by atoms with E-state index in [1.54, 1.807) is 0 Å². The Balaban J connectivity index is 1.67. The molecule has 0 aliphatic heterocycles. The summed E-state index contributed by atoms with van der Waals surface area (Å²) in [6, 6.07) is 6.71. The third kappa shape index (κ3) is 3.47. The van der Waals surface area contributed by atoms with Crippen LogP contribution in [-0.2, 0) is 11.3 Å². The van der Waals surface area contributed by atoms with Gasteiger partial charge in [-0.1, -0.05) is 56.3 Å².